The zero-order chi connectivity index (χ0) is 13.3. The van der Waals surface area contributed by atoms with Gasteiger partial charge in [-0.3, -0.25) is 0 Å². The van der Waals surface area contributed by atoms with E-state index in [9.17, 15) is 9.90 Å². The molecule has 0 amide bonds. The van der Waals surface area contributed by atoms with Gasteiger partial charge in [-0.05, 0) is 39.2 Å². The molecule has 1 aliphatic rings. The predicted molar refractivity (Wildman–Crippen MR) is 63.1 cm³/mol. The summed E-state index contributed by atoms with van der Waals surface area (Å²) in [4.78, 5) is 10.7. The van der Waals surface area contributed by atoms with Crippen molar-refractivity contribution in [1.82, 2.24) is 0 Å². The molecular weight excluding hydrogens is 218 g/mol. The van der Waals surface area contributed by atoms with Crippen molar-refractivity contribution in [2.24, 2.45) is 5.41 Å². The number of aliphatic hydroxyl groups is 1. The molecule has 0 spiro atoms. The van der Waals surface area contributed by atoms with Crippen LogP contribution < -0.4 is 0 Å². The summed E-state index contributed by atoms with van der Waals surface area (Å²) in [6.45, 7) is 4.76. The topological polar surface area (TPSA) is 81.3 Å². The summed E-state index contributed by atoms with van der Waals surface area (Å²) in [5, 5.41) is 28.0. The predicted octanol–water partition coefficient (Wildman–Crippen LogP) is 2.02. The molecule has 0 aromatic carbocycles. The van der Waals surface area contributed by atoms with Gasteiger partial charge in [-0.2, -0.15) is 5.26 Å². The lowest BCUT2D eigenvalue weighted by molar-refractivity contribution is -0.132. The van der Waals surface area contributed by atoms with Crippen LogP contribution >= 0.6 is 0 Å². The quantitative estimate of drug-likeness (QED) is 0.577. The molecule has 4 heteroatoms. The molecule has 17 heavy (non-hydrogen) atoms. The van der Waals surface area contributed by atoms with E-state index >= 15 is 0 Å². The molecule has 0 aromatic heterocycles. The summed E-state index contributed by atoms with van der Waals surface area (Å²) in [6, 6.07) is 2.13. The Balaban J connectivity index is 2.89. The van der Waals surface area contributed by atoms with Gasteiger partial charge in [0.2, 0.25) is 0 Å². The standard InChI is InChI=1S/C13H17NO3/c1-9(10(2)11(15)16)4-5-12(3,17)13(8-14)6-7-13/h4-5,17H,6-7H2,1-3H3,(H,15,16)/b5-4+,10-9-/t12-/m0/s1. The van der Waals surface area contributed by atoms with Crippen LogP contribution in [0.25, 0.3) is 0 Å². The van der Waals surface area contributed by atoms with Crippen LogP contribution in [-0.4, -0.2) is 21.8 Å². The minimum absolute atomic E-state index is 0.235. The fourth-order valence-electron chi connectivity index (χ4n) is 1.60. The molecule has 92 valence electrons. The van der Waals surface area contributed by atoms with Crippen LogP contribution in [0.2, 0.25) is 0 Å². The second-order valence-electron chi connectivity index (χ2n) is 4.79. The largest absolute Gasteiger partial charge is 0.478 e. The third-order valence-corrected chi connectivity index (χ3v) is 3.50. The van der Waals surface area contributed by atoms with E-state index in [2.05, 4.69) is 6.07 Å². The lowest BCUT2D eigenvalue weighted by Crippen LogP contribution is -2.32. The van der Waals surface area contributed by atoms with Crippen LogP contribution in [-0.2, 0) is 4.79 Å². The molecule has 0 heterocycles. The van der Waals surface area contributed by atoms with Crippen LogP contribution in [0.3, 0.4) is 0 Å². The Morgan fingerprint density at radius 3 is 2.35 bits per heavy atom. The van der Waals surface area contributed by atoms with Gasteiger partial charge in [0.15, 0.2) is 0 Å². The lowest BCUT2D eigenvalue weighted by atomic mass is 9.86. The number of nitriles is 1. The van der Waals surface area contributed by atoms with E-state index in [1.165, 1.54) is 13.0 Å². The fraction of sp³-hybridized carbons (Fsp3) is 0.538. The second-order valence-corrected chi connectivity index (χ2v) is 4.79. The number of hydrogen-bond donors (Lipinski definition) is 2. The number of carboxylic acids is 1. The van der Waals surface area contributed by atoms with E-state index in [1.54, 1.807) is 19.9 Å². The first-order valence-corrected chi connectivity index (χ1v) is 5.49. The molecule has 0 saturated heterocycles. The molecule has 1 aliphatic carbocycles. The maximum absolute atomic E-state index is 10.7. The van der Waals surface area contributed by atoms with Crippen LogP contribution in [0.4, 0.5) is 0 Å². The van der Waals surface area contributed by atoms with Gasteiger partial charge >= 0.3 is 5.97 Å². The molecule has 0 bridgehead atoms. The summed E-state index contributed by atoms with van der Waals surface area (Å²) < 4.78 is 0. The van der Waals surface area contributed by atoms with Crippen molar-refractivity contribution < 1.29 is 15.0 Å². The minimum atomic E-state index is -1.21. The molecule has 1 atom stereocenters. The summed E-state index contributed by atoms with van der Waals surface area (Å²) in [7, 11) is 0. The van der Waals surface area contributed by atoms with E-state index in [1.807, 2.05) is 0 Å². The molecule has 0 radical (unpaired) electrons. The lowest BCUT2D eigenvalue weighted by Gasteiger charge is -2.24. The first-order valence-electron chi connectivity index (χ1n) is 5.49. The summed E-state index contributed by atoms with van der Waals surface area (Å²) >= 11 is 0. The molecule has 0 aromatic rings. The Kier molecular flexibility index (Phi) is 3.44. The first kappa shape index (κ1) is 13.5. The van der Waals surface area contributed by atoms with Crippen LogP contribution in [0.1, 0.15) is 33.6 Å². The minimum Gasteiger partial charge on any atom is -0.478 e. The SMILES string of the molecule is CC(/C=C/[C@](C)(O)C1(C#N)CC1)=C(\C)C(=O)O. The second kappa shape index (κ2) is 4.34. The number of hydrogen-bond acceptors (Lipinski definition) is 3. The van der Waals surface area contributed by atoms with Gasteiger partial charge in [0.05, 0.1) is 17.1 Å². The molecule has 1 saturated carbocycles. The van der Waals surface area contributed by atoms with Crippen LogP contribution in [0, 0.1) is 16.7 Å². The van der Waals surface area contributed by atoms with E-state index < -0.39 is 17.0 Å². The Hall–Kier alpha value is -1.60. The number of nitrogens with zero attached hydrogens (tertiary/aromatic N) is 1. The normalized spacial score (nSPS) is 22.5. The van der Waals surface area contributed by atoms with Crippen LogP contribution in [0.5, 0.6) is 0 Å². The molecule has 1 fully saturated rings. The average Bonchev–Trinajstić information content (AvgIpc) is 3.05. The monoisotopic (exact) mass is 235 g/mol. The smallest absolute Gasteiger partial charge is 0.331 e. The van der Waals surface area contributed by atoms with E-state index in [0.29, 0.717) is 18.4 Å². The van der Waals surface area contributed by atoms with Gasteiger partial charge < -0.3 is 10.2 Å². The maximum Gasteiger partial charge on any atom is 0.331 e. The number of rotatable bonds is 4. The van der Waals surface area contributed by atoms with Gasteiger partial charge in [-0.1, -0.05) is 12.2 Å². The van der Waals surface area contributed by atoms with E-state index in [-0.39, 0.29) is 5.57 Å². The summed E-state index contributed by atoms with van der Waals surface area (Å²) in [5.41, 5.74) is -1.09. The molecular formula is C13H17NO3. The Bertz CT molecular complexity index is 434. The van der Waals surface area contributed by atoms with Crippen molar-refractivity contribution in [2.75, 3.05) is 0 Å². The molecule has 0 aliphatic heterocycles. The van der Waals surface area contributed by atoms with Gasteiger partial charge in [-0.25, -0.2) is 4.79 Å². The fourth-order valence-corrected chi connectivity index (χ4v) is 1.60. The first-order chi connectivity index (χ1) is 7.76. The van der Waals surface area contributed by atoms with E-state index in [0.717, 1.165) is 0 Å². The Labute approximate surface area is 101 Å². The van der Waals surface area contributed by atoms with Gasteiger partial charge in [0.25, 0.3) is 0 Å². The summed E-state index contributed by atoms with van der Waals surface area (Å²) in [6.07, 6.45) is 4.45. The van der Waals surface area contributed by atoms with Crippen molar-refractivity contribution in [1.29, 1.82) is 5.26 Å². The van der Waals surface area contributed by atoms with E-state index in [4.69, 9.17) is 10.4 Å². The number of aliphatic carboxylic acids is 1. The third-order valence-electron chi connectivity index (χ3n) is 3.50. The molecule has 1 rings (SSSR count). The number of carbonyl (C=O) groups is 1. The van der Waals surface area contributed by atoms with Gasteiger partial charge in [0, 0.05) is 5.57 Å². The zero-order valence-electron chi connectivity index (χ0n) is 10.3. The summed E-state index contributed by atoms with van der Waals surface area (Å²) in [5.74, 6) is -0.979. The van der Waals surface area contributed by atoms with Crippen molar-refractivity contribution in [3.05, 3.63) is 23.3 Å². The molecule has 0 unspecified atom stereocenters. The highest BCUT2D eigenvalue weighted by atomic mass is 16.4. The van der Waals surface area contributed by atoms with Crippen molar-refractivity contribution in [3.63, 3.8) is 0 Å². The Morgan fingerprint density at radius 1 is 1.47 bits per heavy atom. The highest BCUT2D eigenvalue weighted by Gasteiger charge is 2.55. The van der Waals surface area contributed by atoms with Gasteiger partial charge in [0.1, 0.15) is 0 Å². The van der Waals surface area contributed by atoms with Crippen LogP contribution in [0.15, 0.2) is 23.3 Å². The third kappa shape index (κ3) is 2.56. The van der Waals surface area contributed by atoms with Crippen molar-refractivity contribution in [3.8, 4) is 6.07 Å². The average molecular weight is 235 g/mol. The Morgan fingerprint density at radius 2 is 2.00 bits per heavy atom. The zero-order valence-corrected chi connectivity index (χ0v) is 10.3. The molecule has 4 nitrogen and oxygen atoms in total. The number of allylic oxidation sites excluding steroid dienone is 2. The molecule has 2 N–H and O–H groups in total. The van der Waals surface area contributed by atoms with Crippen molar-refractivity contribution >= 4 is 5.97 Å². The number of carboxylic acid groups (broad SMARTS) is 1. The highest BCUT2D eigenvalue weighted by molar-refractivity contribution is 5.87. The van der Waals surface area contributed by atoms with Gasteiger partial charge in [-0.15, -0.1) is 0 Å². The van der Waals surface area contributed by atoms with Crippen molar-refractivity contribution in [2.45, 2.75) is 39.2 Å². The maximum atomic E-state index is 10.7. The highest BCUT2D eigenvalue weighted by Crippen LogP contribution is 2.54.